The molecule has 2 unspecified atom stereocenters. The van der Waals surface area contributed by atoms with Crippen LogP contribution in [0.1, 0.15) is 16.0 Å². The normalized spacial score (nSPS) is 15.7. The molecule has 5 heteroatoms. The number of aliphatic hydroxyl groups is 2. The van der Waals surface area contributed by atoms with Crippen molar-refractivity contribution in [3.63, 3.8) is 0 Å². The van der Waals surface area contributed by atoms with E-state index in [-0.39, 0.29) is 0 Å². The first-order valence-electron chi connectivity index (χ1n) is 4.08. The summed E-state index contributed by atoms with van der Waals surface area (Å²) in [6.07, 6.45) is 0.0108. The van der Waals surface area contributed by atoms with Crippen LogP contribution in [0, 0.1) is 6.92 Å². The molecule has 4 nitrogen and oxygen atoms in total. The highest BCUT2D eigenvalue weighted by Crippen LogP contribution is 2.21. The minimum atomic E-state index is -0.883. The zero-order valence-corrected chi connectivity index (χ0v) is 8.51. The quantitative estimate of drug-likeness (QED) is 0.646. The molecule has 0 aromatic carbocycles. The van der Waals surface area contributed by atoms with Gasteiger partial charge in [0.15, 0.2) is 0 Å². The fourth-order valence-electron chi connectivity index (χ4n) is 0.994. The van der Waals surface area contributed by atoms with Crippen LogP contribution in [0.2, 0.25) is 0 Å². The van der Waals surface area contributed by atoms with Crippen LogP contribution in [-0.4, -0.2) is 34.9 Å². The van der Waals surface area contributed by atoms with Gasteiger partial charge in [-0.2, -0.15) is 0 Å². The Balaban J connectivity index is 2.61. The molecule has 0 aliphatic carbocycles. The monoisotopic (exact) mass is 202 g/mol. The van der Waals surface area contributed by atoms with Crippen LogP contribution in [0.15, 0.2) is 6.20 Å². The highest BCUT2D eigenvalue weighted by Gasteiger charge is 2.20. The van der Waals surface area contributed by atoms with E-state index in [4.69, 9.17) is 0 Å². The van der Waals surface area contributed by atoms with E-state index in [0.29, 0.717) is 11.6 Å². The molecule has 13 heavy (non-hydrogen) atoms. The Morgan fingerprint density at radius 1 is 1.62 bits per heavy atom. The SMILES string of the molecule is CNCC(O)C(O)c1ncc(C)s1. The molecule has 0 aliphatic heterocycles. The number of nitrogens with one attached hydrogen (secondary N) is 1. The van der Waals surface area contributed by atoms with Gasteiger partial charge < -0.3 is 15.5 Å². The summed E-state index contributed by atoms with van der Waals surface area (Å²) in [6.45, 7) is 2.28. The Kier molecular flexibility index (Phi) is 3.80. The van der Waals surface area contributed by atoms with Crippen LogP contribution in [0.5, 0.6) is 0 Å². The lowest BCUT2D eigenvalue weighted by atomic mass is 10.2. The number of thiazole rings is 1. The van der Waals surface area contributed by atoms with E-state index in [9.17, 15) is 10.2 Å². The summed E-state index contributed by atoms with van der Waals surface area (Å²) in [5, 5.41) is 22.4. The molecule has 1 heterocycles. The van der Waals surface area contributed by atoms with Crippen molar-refractivity contribution in [2.75, 3.05) is 13.6 Å². The first kappa shape index (κ1) is 10.6. The van der Waals surface area contributed by atoms with Gasteiger partial charge in [0.25, 0.3) is 0 Å². The van der Waals surface area contributed by atoms with E-state index in [1.807, 2.05) is 6.92 Å². The molecule has 0 aliphatic rings. The van der Waals surface area contributed by atoms with E-state index < -0.39 is 12.2 Å². The van der Waals surface area contributed by atoms with Crippen LogP contribution >= 0.6 is 11.3 Å². The molecular weight excluding hydrogens is 188 g/mol. The molecule has 0 spiro atoms. The van der Waals surface area contributed by atoms with Crippen LogP contribution in [0.25, 0.3) is 0 Å². The number of nitrogens with zero attached hydrogens (tertiary/aromatic N) is 1. The van der Waals surface area contributed by atoms with Crippen molar-refractivity contribution >= 4 is 11.3 Å². The Hall–Kier alpha value is -0.490. The Morgan fingerprint density at radius 2 is 2.31 bits per heavy atom. The fourth-order valence-corrected chi connectivity index (χ4v) is 1.81. The number of hydrogen-bond donors (Lipinski definition) is 3. The molecule has 0 fully saturated rings. The van der Waals surface area contributed by atoms with E-state index in [0.717, 1.165) is 4.88 Å². The average molecular weight is 202 g/mol. The average Bonchev–Trinajstić information content (AvgIpc) is 2.51. The maximum atomic E-state index is 9.59. The summed E-state index contributed by atoms with van der Waals surface area (Å²) in [5.41, 5.74) is 0. The smallest absolute Gasteiger partial charge is 0.133 e. The van der Waals surface area contributed by atoms with Gasteiger partial charge in [-0.1, -0.05) is 0 Å². The Labute approximate surface area is 81.3 Å². The van der Waals surface area contributed by atoms with Gasteiger partial charge in [0, 0.05) is 17.6 Å². The predicted octanol–water partition coefficient (Wildman–Crippen LogP) is 0.0652. The van der Waals surface area contributed by atoms with Gasteiger partial charge in [-0.15, -0.1) is 11.3 Å². The lowest BCUT2D eigenvalue weighted by Gasteiger charge is -2.14. The molecule has 0 radical (unpaired) electrons. The summed E-state index contributed by atoms with van der Waals surface area (Å²) in [5.74, 6) is 0. The largest absolute Gasteiger partial charge is 0.389 e. The second-order valence-electron chi connectivity index (χ2n) is 2.88. The summed E-state index contributed by atoms with van der Waals surface area (Å²) >= 11 is 1.40. The van der Waals surface area contributed by atoms with Gasteiger partial charge in [-0.3, -0.25) is 0 Å². The lowest BCUT2D eigenvalue weighted by Crippen LogP contribution is -2.29. The molecule has 2 atom stereocenters. The van der Waals surface area contributed by atoms with E-state index >= 15 is 0 Å². The summed E-state index contributed by atoms with van der Waals surface area (Å²) < 4.78 is 0. The van der Waals surface area contributed by atoms with Crippen LogP contribution in [0.4, 0.5) is 0 Å². The Morgan fingerprint density at radius 3 is 2.77 bits per heavy atom. The third kappa shape index (κ3) is 2.73. The maximum absolute atomic E-state index is 9.59. The zero-order chi connectivity index (χ0) is 9.84. The predicted molar refractivity (Wildman–Crippen MR) is 51.7 cm³/mol. The molecule has 1 aromatic heterocycles. The van der Waals surface area contributed by atoms with Crippen molar-refractivity contribution in [1.29, 1.82) is 0 Å². The molecule has 0 bridgehead atoms. The standard InChI is InChI=1S/C8H14N2O2S/c1-5-3-10-8(13-5)7(12)6(11)4-9-2/h3,6-7,9,11-12H,4H2,1-2H3. The number of rotatable bonds is 4. The van der Waals surface area contributed by atoms with Gasteiger partial charge >= 0.3 is 0 Å². The number of hydrogen-bond acceptors (Lipinski definition) is 5. The topological polar surface area (TPSA) is 65.4 Å². The van der Waals surface area contributed by atoms with E-state index in [2.05, 4.69) is 10.3 Å². The third-order valence-electron chi connectivity index (χ3n) is 1.67. The van der Waals surface area contributed by atoms with Crippen LogP contribution in [0.3, 0.4) is 0 Å². The fraction of sp³-hybridized carbons (Fsp3) is 0.625. The highest BCUT2D eigenvalue weighted by atomic mass is 32.1. The summed E-state index contributed by atoms with van der Waals surface area (Å²) in [6, 6.07) is 0. The summed E-state index contributed by atoms with van der Waals surface area (Å²) in [7, 11) is 1.73. The lowest BCUT2D eigenvalue weighted by molar-refractivity contribution is 0.0201. The molecule has 0 saturated heterocycles. The number of aromatic nitrogens is 1. The highest BCUT2D eigenvalue weighted by molar-refractivity contribution is 7.11. The number of aryl methyl sites for hydroxylation is 1. The van der Waals surface area contributed by atoms with Crippen molar-refractivity contribution < 1.29 is 10.2 Å². The molecule has 3 N–H and O–H groups in total. The minimum Gasteiger partial charge on any atom is -0.389 e. The third-order valence-corrected chi connectivity index (χ3v) is 2.65. The number of aliphatic hydroxyl groups excluding tert-OH is 2. The molecular formula is C8H14N2O2S. The maximum Gasteiger partial charge on any atom is 0.133 e. The van der Waals surface area contributed by atoms with Crippen molar-refractivity contribution in [1.82, 2.24) is 10.3 Å². The van der Waals surface area contributed by atoms with Crippen molar-refractivity contribution in [2.24, 2.45) is 0 Å². The summed E-state index contributed by atoms with van der Waals surface area (Å²) in [4.78, 5) is 5.03. The van der Waals surface area contributed by atoms with E-state index in [1.54, 1.807) is 13.2 Å². The molecule has 0 amide bonds. The van der Waals surface area contributed by atoms with Crippen LogP contribution in [-0.2, 0) is 0 Å². The molecule has 1 rings (SSSR count). The first-order valence-corrected chi connectivity index (χ1v) is 4.90. The minimum absolute atomic E-state index is 0.361. The molecule has 1 aromatic rings. The second-order valence-corrected chi connectivity index (χ2v) is 4.15. The van der Waals surface area contributed by atoms with Crippen LogP contribution < -0.4 is 5.32 Å². The van der Waals surface area contributed by atoms with E-state index in [1.165, 1.54) is 11.3 Å². The van der Waals surface area contributed by atoms with Crippen molar-refractivity contribution in [3.8, 4) is 0 Å². The van der Waals surface area contributed by atoms with Gasteiger partial charge in [-0.05, 0) is 14.0 Å². The zero-order valence-electron chi connectivity index (χ0n) is 7.69. The van der Waals surface area contributed by atoms with Gasteiger partial charge in [0.1, 0.15) is 11.1 Å². The number of likely N-dealkylation sites (N-methyl/N-ethyl adjacent to an activating group) is 1. The second kappa shape index (κ2) is 4.66. The molecule has 74 valence electrons. The van der Waals surface area contributed by atoms with Crippen molar-refractivity contribution in [2.45, 2.75) is 19.1 Å². The van der Waals surface area contributed by atoms with Gasteiger partial charge in [0.2, 0.25) is 0 Å². The Bertz CT molecular complexity index is 264. The van der Waals surface area contributed by atoms with Crippen molar-refractivity contribution in [3.05, 3.63) is 16.1 Å². The first-order chi connectivity index (χ1) is 6.15. The molecule has 0 saturated carbocycles. The van der Waals surface area contributed by atoms with Gasteiger partial charge in [0.05, 0.1) is 6.10 Å². The van der Waals surface area contributed by atoms with Gasteiger partial charge in [-0.25, -0.2) is 4.98 Å².